The summed E-state index contributed by atoms with van der Waals surface area (Å²) < 4.78 is 4.89. The van der Waals surface area contributed by atoms with Gasteiger partial charge in [-0.3, -0.25) is 9.59 Å². The average molecular weight is 201 g/mol. The number of unbranched alkanes of at least 4 members (excludes halogenated alkanes) is 2. The molecule has 1 unspecified atom stereocenters. The van der Waals surface area contributed by atoms with Crippen molar-refractivity contribution in [1.29, 1.82) is 0 Å². The Kier molecular flexibility index (Phi) is 7.02. The highest BCUT2D eigenvalue weighted by Crippen LogP contribution is 1.97. The molecule has 0 rings (SSSR count). The molecule has 0 aliphatic heterocycles. The van der Waals surface area contributed by atoms with Gasteiger partial charge in [0.05, 0.1) is 6.61 Å². The molecular weight excluding hydrogens is 182 g/mol. The SMILES string of the molecule is CCCCCOC(=O)C(N)CC(C)=O. The lowest BCUT2D eigenvalue weighted by Gasteiger charge is -2.09. The van der Waals surface area contributed by atoms with E-state index in [-0.39, 0.29) is 12.2 Å². The summed E-state index contributed by atoms with van der Waals surface area (Å²) in [6.45, 7) is 3.88. The lowest BCUT2D eigenvalue weighted by Crippen LogP contribution is -2.34. The van der Waals surface area contributed by atoms with E-state index in [1.807, 2.05) is 0 Å². The number of nitrogens with two attached hydrogens (primary N) is 1. The molecule has 82 valence electrons. The molecule has 0 aromatic heterocycles. The molecule has 0 saturated heterocycles. The van der Waals surface area contributed by atoms with Crippen molar-refractivity contribution in [3.05, 3.63) is 0 Å². The number of carbonyl (C=O) groups is 2. The fourth-order valence-electron chi connectivity index (χ4n) is 1.02. The zero-order chi connectivity index (χ0) is 11.0. The van der Waals surface area contributed by atoms with Crippen LogP contribution in [-0.4, -0.2) is 24.4 Å². The van der Waals surface area contributed by atoms with E-state index in [0.717, 1.165) is 19.3 Å². The summed E-state index contributed by atoms with van der Waals surface area (Å²) in [5, 5.41) is 0. The van der Waals surface area contributed by atoms with E-state index in [1.165, 1.54) is 6.92 Å². The average Bonchev–Trinajstić information content (AvgIpc) is 2.11. The zero-order valence-corrected chi connectivity index (χ0v) is 8.91. The topological polar surface area (TPSA) is 69.4 Å². The lowest BCUT2D eigenvalue weighted by atomic mass is 10.2. The highest BCUT2D eigenvalue weighted by Gasteiger charge is 2.16. The van der Waals surface area contributed by atoms with Crippen molar-refractivity contribution in [3.63, 3.8) is 0 Å². The van der Waals surface area contributed by atoms with Crippen molar-refractivity contribution < 1.29 is 14.3 Å². The maximum atomic E-state index is 11.1. The Morgan fingerprint density at radius 2 is 2.00 bits per heavy atom. The summed E-state index contributed by atoms with van der Waals surface area (Å²) in [4.78, 5) is 21.8. The van der Waals surface area contributed by atoms with Gasteiger partial charge < -0.3 is 10.5 Å². The summed E-state index contributed by atoms with van der Waals surface area (Å²) in [5.41, 5.74) is 5.44. The second kappa shape index (κ2) is 7.50. The summed E-state index contributed by atoms with van der Waals surface area (Å²) in [6, 6.07) is -0.797. The standard InChI is InChI=1S/C10H19NO3/c1-3-4-5-6-14-10(13)9(11)7-8(2)12/h9H,3-7,11H2,1-2H3. The first kappa shape index (κ1) is 13.1. The van der Waals surface area contributed by atoms with Gasteiger partial charge in [-0.2, -0.15) is 0 Å². The van der Waals surface area contributed by atoms with E-state index in [4.69, 9.17) is 10.5 Å². The molecule has 0 spiro atoms. The fraction of sp³-hybridized carbons (Fsp3) is 0.800. The smallest absolute Gasteiger partial charge is 0.323 e. The molecule has 14 heavy (non-hydrogen) atoms. The maximum absolute atomic E-state index is 11.1. The van der Waals surface area contributed by atoms with Gasteiger partial charge in [0, 0.05) is 6.42 Å². The second-order valence-corrected chi connectivity index (χ2v) is 3.39. The molecular formula is C10H19NO3. The van der Waals surface area contributed by atoms with Crippen LogP contribution in [0.1, 0.15) is 39.5 Å². The van der Waals surface area contributed by atoms with Crippen molar-refractivity contribution in [3.8, 4) is 0 Å². The minimum absolute atomic E-state index is 0.0621. The Morgan fingerprint density at radius 3 is 2.50 bits per heavy atom. The molecule has 0 aromatic carbocycles. The van der Waals surface area contributed by atoms with Gasteiger partial charge in [0.25, 0.3) is 0 Å². The molecule has 0 aromatic rings. The largest absolute Gasteiger partial charge is 0.465 e. The molecule has 0 radical (unpaired) electrons. The first-order chi connectivity index (χ1) is 6.57. The number of carbonyl (C=O) groups excluding carboxylic acids is 2. The molecule has 0 aliphatic carbocycles. The first-order valence-corrected chi connectivity index (χ1v) is 4.99. The molecule has 0 aliphatic rings. The Balaban J connectivity index is 3.57. The molecule has 1 atom stereocenters. The molecule has 4 heteroatoms. The third-order valence-corrected chi connectivity index (χ3v) is 1.80. The van der Waals surface area contributed by atoms with E-state index in [0.29, 0.717) is 6.61 Å². The Labute approximate surface area is 84.8 Å². The van der Waals surface area contributed by atoms with E-state index in [2.05, 4.69) is 6.92 Å². The third kappa shape index (κ3) is 6.60. The molecule has 0 fully saturated rings. The summed E-state index contributed by atoms with van der Waals surface area (Å²) in [7, 11) is 0. The van der Waals surface area contributed by atoms with Crippen LogP contribution >= 0.6 is 0 Å². The van der Waals surface area contributed by atoms with E-state index in [1.54, 1.807) is 0 Å². The van der Waals surface area contributed by atoms with Crippen LogP contribution in [-0.2, 0) is 14.3 Å². The lowest BCUT2D eigenvalue weighted by molar-refractivity contribution is -0.146. The number of hydrogen-bond acceptors (Lipinski definition) is 4. The summed E-state index contributed by atoms with van der Waals surface area (Å²) in [5.74, 6) is -0.570. The van der Waals surface area contributed by atoms with Gasteiger partial charge in [-0.1, -0.05) is 19.8 Å². The van der Waals surface area contributed by atoms with Crippen molar-refractivity contribution in [1.82, 2.24) is 0 Å². The van der Waals surface area contributed by atoms with Crippen LogP contribution in [0.25, 0.3) is 0 Å². The van der Waals surface area contributed by atoms with Gasteiger partial charge in [-0.25, -0.2) is 0 Å². The molecule has 0 amide bonds. The molecule has 0 bridgehead atoms. The van der Waals surface area contributed by atoms with Crippen LogP contribution in [0.2, 0.25) is 0 Å². The van der Waals surface area contributed by atoms with Crippen LogP contribution in [0.4, 0.5) is 0 Å². The summed E-state index contributed by atoms with van der Waals surface area (Å²) >= 11 is 0. The van der Waals surface area contributed by atoms with Crippen molar-refractivity contribution in [2.24, 2.45) is 5.73 Å². The fourth-order valence-corrected chi connectivity index (χ4v) is 1.02. The molecule has 0 heterocycles. The van der Waals surface area contributed by atoms with Crippen LogP contribution in [0, 0.1) is 0 Å². The van der Waals surface area contributed by atoms with Gasteiger partial charge >= 0.3 is 5.97 Å². The highest BCUT2D eigenvalue weighted by atomic mass is 16.5. The highest BCUT2D eigenvalue weighted by molar-refractivity contribution is 5.84. The Bertz CT molecular complexity index is 192. The predicted octanol–water partition coefficient (Wildman–Crippen LogP) is 1.03. The van der Waals surface area contributed by atoms with Crippen LogP contribution in [0.5, 0.6) is 0 Å². The van der Waals surface area contributed by atoms with Crippen LogP contribution in [0.3, 0.4) is 0 Å². The minimum atomic E-state index is -0.797. The van der Waals surface area contributed by atoms with E-state index >= 15 is 0 Å². The monoisotopic (exact) mass is 201 g/mol. The summed E-state index contributed by atoms with van der Waals surface area (Å²) in [6.07, 6.45) is 3.04. The second-order valence-electron chi connectivity index (χ2n) is 3.39. The number of esters is 1. The molecule has 4 nitrogen and oxygen atoms in total. The normalized spacial score (nSPS) is 12.2. The van der Waals surface area contributed by atoms with E-state index in [9.17, 15) is 9.59 Å². The zero-order valence-electron chi connectivity index (χ0n) is 8.91. The van der Waals surface area contributed by atoms with Gasteiger partial charge in [0.2, 0.25) is 0 Å². The predicted molar refractivity (Wildman–Crippen MR) is 53.8 cm³/mol. The maximum Gasteiger partial charge on any atom is 0.323 e. The van der Waals surface area contributed by atoms with Crippen molar-refractivity contribution in [2.75, 3.05) is 6.61 Å². The molecule has 0 saturated carbocycles. The minimum Gasteiger partial charge on any atom is -0.465 e. The number of hydrogen-bond donors (Lipinski definition) is 1. The Hall–Kier alpha value is -0.900. The van der Waals surface area contributed by atoms with Crippen LogP contribution in [0.15, 0.2) is 0 Å². The van der Waals surface area contributed by atoms with Gasteiger partial charge in [0.15, 0.2) is 0 Å². The third-order valence-electron chi connectivity index (χ3n) is 1.80. The number of Topliss-reactive ketones (excluding diaryl/α,β-unsaturated/α-hetero) is 1. The van der Waals surface area contributed by atoms with Gasteiger partial charge in [-0.15, -0.1) is 0 Å². The molecule has 2 N–H and O–H groups in total. The number of ether oxygens (including phenoxy) is 1. The number of rotatable bonds is 7. The first-order valence-electron chi connectivity index (χ1n) is 4.99. The van der Waals surface area contributed by atoms with Crippen molar-refractivity contribution in [2.45, 2.75) is 45.6 Å². The quantitative estimate of drug-likeness (QED) is 0.493. The Morgan fingerprint density at radius 1 is 1.36 bits per heavy atom. The van der Waals surface area contributed by atoms with Crippen molar-refractivity contribution >= 4 is 11.8 Å². The van der Waals surface area contributed by atoms with Gasteiger partial charge in [0.1, 0.15) is 11.8 Å². The van der Waals surface area contributed by atoms with Crippen LogP contribution < -0.4 is 5.73 Å². The van der Waals surface area contributed by atoms with Gasteiger partial charge in [-0.05, 0) is 13.3 Å². The van der Waals surface area contributed by atoms with E-state index < -0.39 is 12.0 Å². The number of ketones is 1.